The number of fused-ring (bicyclic) bond motifs is 4. The predicted octanol–water partition coefficient (Wildman–Crippen LogP) is 7.02. The van der Waals surface area contributed by atoms with Crippen LogP contribution >= 0.6 is 0 Å². The number of aliphatic hydroxyl groups excluding tert-OH is 2. The lowest BCUT2D eigenvalue weighted by Gasteiger charge is -2.37. The minimum absolute atomic E-state index is 0.00274. The van der Waals surface area contributed by atoms with Crippen LogP contribution in [-0.4, -0.2) is 127 Å². The number of esters is 1. The lowest BCUT2D eigenvalue weighted by atomic mass is 9.79. The number of ketones is 1. The molecule has 7 N–H and O–H groups in total. The molecule has 18 nitrogen and oxygen atoms in total. The number of carboxylic acid groups (broad SMARTS) is 1. The van der Waals surface area contributed by atoms with E-state index in [0.717, 1.165) is 18.9 Å². The van der Waals surface area contributed by atoms with Crippen LogP contribution in [0.1, 0.15) is 106 Å². The van der Waals surface area contributed by atoms with Gasteiger partial charge < -0.3 is 59.6 Å². The highest BCUT2D eigenvalue weighted by Gasteiger charge is 2.45. The van der Waals surface area contributed by atoms with Crippen LogP contribution in [0.5, 0.6) is 23.0 Å². The average Bonchev–Trinajstić information content (AvgIpc) is 4.18. The van der Waals surface area contributed by atoms with Gasteiger partial charge in [-0.2, -0.15) is 0 Å². The number of hydrogen-bond donors (Lipinski definition) is 7. The second-order valence-electron chi connectivity index (χ2n) is 20.6. The van der Waals surface area contributed by atoms with E-state index in [1.165, 1.54) is 52.3 Å². The molecule has 7 rings (SSSR count). The first-order valence-corrected chi connectivity index (χ1v) is 24.7. The van der Waals surface area contributed by atoms with E-state index in [4.69, 9.17) is 14.2 Å². The highest BCUT2D eigenvalue weighted by atomic mass is 19.1. The third-order valence-corrected chi connectivity index (χ3v) is 15.1. The number of allylic oxidation sites excluding steroid dienone is 2. The van der Waals surface area contributed by atoms with E-state index in [1.807, 2.05) is 18.7 Å². The standard InChI is InChI=1S/C55H67FN4O14/c1-25(44(62)28(4)45(63)29(5)50(73-32(8)61)27(3)31(7)72-11)13-12-14-26(2)53(69)57-43-35(48(66)40-41(49(43)67)46(64)30(6)51-42(40)52(68)55(9,10)74-51)23-58-17-19-59(20-18-58)39-22-38-34(21-37(39)56)47(65)36(54(70)71)24-60(38)33-15-16-33/h12-14,21-22,24,27-29,31,33,44-45,50,62-64,66-67H,1,15-20,23H2,2-11H3,(H,57,69)(H,70,71)/b13-12+,26-14-/t27-,28-,29-,31+,44+,45-,50-/m1/s1. The number of phenols is 3. The van der Waals surface area contributed by atoms with E-state index in [1.54, 1.807) is 43.2 Å². The number of pyridine rings is 1. The highest BCUT2D eigenvalue weighted by Crippen LogP contribution is 2.55. The Morgan fingerprint density at radius 2 is 1.61 bits per heavy atom. The summed E-state index contributed by atoms with van der Waals surface area (Å²) >= 11 is 0. The summed E-state index contributed by atoms with van der Waals surface area (Å²) in [7, 11) is 1.53. The largest absolute Gasteiger partial charge is 0.507 e. The van der Waals surface area contributed by atoms with Crippen LogP contribution in [0.2, 0.25) is 0 Å². The molecule has 3 aliphatic rings. The molecule has 0 radical (unpaired) electrons. The second kappa shape index (κ2) is 21.2. The van der Waals surface area contributed by atoms with Gasteiger partial charge in [-0.25, -0.2) is 9.18 Å². The molecular formula is C55H67FN4O14. The van der Waals surface area contributed by atoms with Crippen molar-refractivity contribution in [2.45, 2.75) is 118 Å². The fourth-order valence-corrected chi connectivity index (χ4v) is 10.1. The van der Waals surface area contributed by atoms with Crippen molar-refractivity contribution in [2.24, 2.45) is 17.8 Å². The van der Waals surface area contributed by atoms with Gasteiger partial charge in [-0.05, 0) is 65.2 Å². The molecule has 1 aromatic heterocycles. The number of halogens is 1. The third kappa shape index (κ3) is 10.3. The highest BCUT2D eigenvalue weighted by molar-refractivity contribution is 6.22. The summed E-state index contributed by atoms with van der Waals surface area (Å²) < 4.78 is 34.7. The molecular weight excluding hydrogens is 960 g/mol. The number of anilines is 2. The van der Waals surface area contributed by atoms with Gasteiger partial charge in [-0.1, -0.05) is 45.6 Å². The number of benzene rings is 3. The number of ether oxygens (including phenoxy) is 3. The maximum atomic E-state index is 15.9. The van der Waals surface area contributed by atoms with Gasteiger partial charge in [0, 0.05) is 104 Å². The molecule has 2 aliphatic heterocycles. The average molecular weight is 1030 g/mol. The molecule has 7 atom stereocenters. The number of carbonyl (C=O) groups is 4. The van der Waals surface area contributed by atoms with Gasteiger partial charge in [-0.15, -0.1) is 0 Å². The van der Waals surface area contributed by atoms with E-state index >= 15 is 4.39 Å². The van der Waals surface area contributed by atoms with E-state index in [9.17, 15) is 54.6 Å². The van der Waals surface area contributed by atoms with Gasteiger partial charge >= 0.3 is 11.9 Å². The number of piperazine rings is 1. The zero-order valence-corrected chi connectivity index (χ0v) is 43.4. The summed E-state index contributed by atoms with van der Waals surface area (Å²) in [6.07, 6.45) is 3.80. The Labute approximate surface area is 427 Å². The molecule has 0 bridgehead atoms. The Balaban J connectivity index is 1.15. The van der Waals surface area contributed by atoms with Gasteiger partial charge in [0.15, 0.2) is 11.4 Å². The number of nitrogens with one attached hydrogen (secondary N) is 1. The van der Waals surface area contributed by atoms with Crippen molar-refractivity contribution in [3.8, 4) is 23.0 Å². The van der Waals surface area contributed by atoms with Crippen LogP contribution in [0.25, 0.3) is 21.7 Å². The molecule has 0 unspecified atom stereocenters. The predicted molar refractivity (Wildman–Crippen MR) is 276 cm³/mol. The molecule has 0 spiro atoms. The summed E-state index contributed by atoms with van der Waals surface area (Å²) in [6.45, 7) is 19.2. The van der Waals surface area contributed by atoms with Crippen molar-refractivity contribution < 1.29 is 68.4 Å². The van der Waals surface area contributed by atoms with Crippen molar-refractivity contribution in [1.29, 1.82) is 0 Å². The van der Waals surface area contributed by atoms with E-state index in [0.29, 0.717) is 5.52 Å². The van der Waals surface area contributed by atoms with Crippen molar-refractivity contribution in [1.82, 2.24) is 9.47 Å². The van der Waals surface area contributed by atoms with Gasteiger partial charge in [-0.3, -0.25) is 24.1 Å². The molecule has 19 heteroatoms. The van der Waals surface area contributed by atoms with Crippen LogP contribution in [0.4, 0.5) is 15.8 Å². The van der Waals surface area contributed by atoms with Crippen molar-refractivity contribution in [3.63, 3.8) is 0 Å². The van der Waals surface area contributed by atoms with Crippen molar-refractivity contribution in [2.75, 3.05) is 43.5 Å². The number of nitrogens with zero attached hydrogens (tertiary/aromatic N) is 3. The van der Waals surface area contributed by atoms with Gasteiger partial charge in [0.1, 0.15) is 34.7 Å². The number of aromatic nitrogens is 1. The van der Waals surface area contributed by atoms with Crippen LogP contribution in [0, 0.1) is 30.5 Å². The maximum absolute atomic E-state index is 15.9. The summed E-state index contributed by atoms with van der Waals surface area (Å²) in [5.74, 6) is -7.14. The quantitative estimate of drug-likeness (QED) is 0.0174. The molecule has 74 heavy (non-hydrogen) atoms. The summed E-state index contributed by atoms with van der Waals surface area (Å²) in [5.41, 5.74) is -1.86. The van der Waals surface area contributed by atoms with Gasteiger partial charge in [0.2, 0.25) is 11.2 Å². The Bertz CT molecular complexity index is 3080. The lowest BCUT2D eigenvalue weighted by Crippen LogP contribution is -2.46. The number of carboxylic acids is 1. The smallest absolute Gasteiger partial charge is 0.341 e. The molecule has 1 aliphatic carbocycles. The zero-order valence-electron chi connectivity index (χ0n) is 43.4. The first kappa shape index (κ1) is 55.0. The Hall–Kier alpha value is -6.80. The number of rotatable bonds is 18. The number of aromatic hydroxyl groups is 3. The fraction of sp³-hybridized carbons (Fsp3) is 0.473. The molecule has 1 saturated carbocycles. The number of aliphatic hydroxyl groups is 2. The molecule has 398 valence electrons. The van der Waals surface area contributed by atoms with E-state index in [2.05, 4.69) is 11.9 Å². The van der Waals surface area contributed by atoms with Crippen LogP contribution in [0.3, 0.4) is 0 Å². The van der Waals surface area contributed by atoms with Gasteiger partial charge in [0.25, 0.3) is 5.91 Å². The lowest BCUT2D eigenvalue weighted by molar-refractivity contribution is -0.160. The number of aromatic carboxylic acids is 1. The first-order chi connectivity index (χ1) is 34.7. The summed E-state index contributed by atoms with van der Waals surface area (Å²) in [4.78, 5) is 68.7. The monoisotopic (exact) mass is 1030 g/mol. The van der Waals surface area contributed by atoms with E-state index < -0.39 is 93.4 Å². The SMILES string of the molecule is C=C(/C=C/C=C(/C)C(=O)Nc1c(CN2CCN(c3cc4c(cc3F)c(=O)c(C(=O)O)cn4C3CC3)CC2)c(O)c2c3c(c(C)c(O)c2c1O)OC(C)(C)C3=O)[C@H](O)[C@@H](C)[C@@H](O)[C@@H](C)[C@H](OC(C)=O)[C@H](C)[C@H](C)OC. The second-order valence-corrected chi connectivity index (χ2v) is 20.6. The molecule has 1 amide bonds. The van der Waals surface area contributed by atoms with Crippen LogP contribution in [0.15, 0.2) is 59.1 Å². The zero-order chi connectivity index (χ0) is 54.6. The molecule has 3 aromatic carbocycles. The first-order valence-electron chi connectivity index (χ1n) is 24.7. The Kier molecular flexibility index (Phi) is 15.7. The molecule has 4 aromatic rings. The summed E-state index contributed by atoms with van der Waals surface area (Å²) in [6, 6.07) is 2.61. The topological polar surface area (TPSA) is 258 Å². The summed E-state index contributed by atoms with van der Waals surface area (Å²) in [5, 5.41) is 70.5. The minimum Gasteiger partial charge on any atom is -0.507 e. The van der Waals surface area contributed by atoms with E-state index in [-0.39, 0.29) is 112 Å². The molecule has 3 heterocycles. The third-order valence-electron chi connectivity index (χ3n) is 15.1. The van der Waals surface area contributed by atoms with Gasteiger partial charge in [0.05, 0.1) is 46.2 Å². The fourth-order valence-electron chi connectivity index (χ4n) is 10.1. The van der Waals surface area contributed by atoms with Crippen LogP contribution in [-0.2, 0) is 25.6 Å². The molecule has 1 saturated heterocycles. The number of carbonyl (C=O) groups excluding carboxylic acids is 3. The number of methoxy groups -OCH3 is 1. The Morgan fingerprint density at radius 3 is 2.20 bits per heavy atom. The number of amides is 1. The number of hydrogen-bond acceptors (Lipinski definition) is 15. The normalized spacial score (nSPS) is 18.9. The number of Topliss-reactive ketones (excluding diaryl/α,β-unsaturated/α-hetero) is 1. The van der Waals surface area contributed by atoms with Crippen molar-refractivity contribution in [3.05, 3.63) is 92.6 Å². The number of phenolic OH excluding ortho intramolecular Hbond substituents is 3. The van der Waals surface area contributed by atoms with Crippen molar-refractivity contribution >= 4 is 56.7 Å². The van der Waals surface area contributed by atoms with Crippen LogP contribution < -0.4 is 20.4 Å². The molecule has 2 fully saturated rings. The minimum atomic E-state index is -1.40. The Morgan fingerprint density at radius 1 is 0.959 bits per heavy atom. The maximum Gasteiger partial charge on any atom is 0.341 e.